The zero-order valence-corrected chi connectivity index (χ0v) is 12.0. The third-order valence-corrected chi connectivity index (χ3v) is 3.65. The number of anilines is 1. The van der Waals surface area contributed by atoms with E-state index in [1.165, 1.54) is 18.1 Å². The van der Waals surface area contributed by atoms with Gasteiger partial charge in [-0.05, 0) is 43.4 Å². The molecular weight excluding hydrogens is 264 g/mol. The smallest absolute Gasteiger partial charge is 0.248 e. The summed E-state index contributed by atoms with van der Waals surface area (Å²) in [5, 5.41) is 7.02. The summed E-state index contributed by atoms with van der Waals surface area (Å²) < 4.78 is 1.71. The molecule has 5 nitrogen and oxygen atoms in total. The summed E-state index contributed by atoms with van der Waals surface area (Å²) in [6, 6.07) is 1.87. The Morgan fingerprint density at radius 1 is 1.38 bits per heavy atom. The normalized spacial score (nSPS) is 14.1. The van der Waals surface area contributed by atoms with Gasteiger partial charge in [0.05, 0.1) is 6.20 Å². The van der Waals surface area contributed by atoms with Crippen LogP contribution in [0.3, 0.4) is 0 Å². The van der Waals surface area contributed by atoms with Gasteiger partial charge in [0.15, 0.2) is 0 Å². The molecule has 0 unspecified atom stereocenters. The monoisotopic (exact) mass is 282 g/mol. The second kappa shape index (κ2) is 5.91. The molecule has 2 aromatic heterocycles. The van der Waals surface area contributed by atoms with Crippen molar-refractivity contribution < 1.29 is 4.79 Å². The van der Waals surface area contributed by atoms with E-state index in [0.29, 0.717) is 0 Å². The summed E-state index contributed by atoms with van der Waals surface area (Å²) >= 11 is 0. The van der Waals surface area contributed by atoms with E-state index >= 15 is 0 Å². The Hall–Kier alpha value is -2.43. The largest absolute Gasteiger partial charge is 0.322 e. The summed E-state index contributed by atoms with van der Waals surface area (Å²) in [6.07, 6.45) is 13.0. The van der Waals surface area contributed by atoms with Crippen molar-refractivity contribution in [2.24, 2.45) is 7.05 Å². The Morgan fingerprint density at radius 3 is 3.05 bits per heavy atom. The molecule has 0 radical (unpaired) electrons. The van der Waals surface area contributed by atoms with Crippen LogP contribution in [0.1, 0.15) is 29.7 Å². The summed E-state index contributed by atoms with van der Waals surface area (Å²) in [7, 11) is 1.85. The van der Waals surface area contributed by atoms with E-state index < -0.39 is 0 Å². The van der Waals surface area contributed by atoms with Crippen LogP contribution in [0, 0.1) is 0 Å². The summed E-state index contributed by atoms with van der Waals surface area (Å²) in [4.78, 5) is 16.4. The summed E-state index contributed by atoms with van der Waals surface area (Å²) in [5.41, 5.74) is 4.10. The molecule has 0 fully saturated rings. The molecule has 0 spiro atoms. The number of aromatic nitrogens is 3. The number of hydrogen-bond acceptors (Lipinski definition) is 3. The molecule has 5 heteroatoms. The maximum atomic E-state index is 12.0. The molecule has 3 rings (SSSR count). The van der Waals surface area contributed by atoms with Crippen molar-refractivity contribution >= 4 is 17.7 Å². The lowest BCUT2D eigenvalue weighted by Crippen LogP contribution is -2.14. The van der Waals surface area contributed by atoms with Crippen LogP contribution in [0.25, 0.3) is 6.08 Å². The average molecular weight is 282 g/mol. The Labute approximate surface area is 123 Å². The van der Waals surface area contributed by atoms with Gasteiger partial charge in [-0.3, -0.25) is 14.5 Å². The fraction of sp³-hybridized carbons (Fsp3) is 0.312. The maximum Gasteiger partial charge on any atom is 0.248 e. The van der Waals surface area contributed by atoms with Crippen LogP contribution < -0.4 is 5.32 Å². The molecule has 2 heterocycles. The number of hydrogen-bond donors (Lipinski definition) is 1. The van der Waals surface area contributed by atoms with E-state index in [4.69, 9.17) is 0 Å². The van der Waals surface area contributed by atoms with E-state index in [1.54, 1.807) is 23.2 Å². The fourth-order valence-corrected chi connectivity index (χ4v) is 2.61. The SMILES string of the molecule is Cn1cc(/C=C/C(=O)Nc2ccnc3c2CCCC3)cn1. The third kappa shape index (κ3) is 3.18. The van der Waals surface area contributed by atoms with Gasteiger partial charge in [0, 0.05) is 42.5 Å². The van der Waals surface area contributed by atoms with Crippen LogP contribution in [-0.2, 0) is 24.7 Å². The Kier molecular flexibility index (Phi) is 3.81. The fourth-order valence-electron chi connectivity index (χ4n) is 2.61. The van der Waals surface area contributed by atoms with Gasteiger partial charge in [-0.1, -0.05) is 0 Å². The van der Waals surface area contributed by atoms with Gasteiger partial charge in [-0.2, -0.15) is 5.10 Å². The van der Waals surface area contributed by atoms with Crippen LogP contribution in [0.5, 0.6) is 0 Å². The molecule has 2 aromatic rings. The molecule has 1 amide bonds. The number of aryl methyl sites for hydroxylation is 2. The molecule has 0 aromatic carbocycles. The quantitative estimate of drug-likeness (QED) is 0.879. The van der Waals surface area contributed by atoms with Gasteiger partial charge in [0.1, 0.15) is 0 Å². The van der Waals surface area contributed by atoms with Gasteiger partial charge in [0.25, 0.3) is 0 Å². The minimum Gasteiger partial charge on any atom is -0.322 e. The first-order valence-electron chi connectivity index (χ1n) is 7.17. The van der Waals surface area contributed by atoms with Crippen molar-refractivity contribution in [3.05, 3.63) is 47.6 Å². The maximum absolute atomic E-state index is 12.0. The molecular formula is C16H18N4O. The van der Waals surface area contributed by atoms with Crippen molar-refractivity contribution in [1.82, 2.24) is 14.8 Å². The lowest BCUT2D eigenvalue weighted by atomic mass is 9.95. The predicted octanol–water partition coefficient (Wildman–Crippen LogP) is 2.35. The minimum absolute atomic E-state index is 0.127. The van der Waals surface area contributed by atoms with Crippen LogP contribution in [0.2, 0.25) is 0 Å². The highest BCUT2D eigenvalue weighted by atomic mass is 16.1. The Bertz CT molecular complexity index is 687. The first-order chi connectivity index (χ1) is 10.2. The van der Waals surface area contributed by atoms with Crippen molar-refractivity contribution in [3.8, 4) is 0 Å². The van der Waals surface area contributed by atoms with Gasteiger partial charge in [-0.25, -0.2) is 0 Å². The van der Waals surface area contributed by atoms with Gasteiger partial charge in [-0.15, -0.1) is 0 Å². The highest BCUT2D eigenvalue weighted by Gasteiger charge is 2.14. The Morgan fingerprint density at radius 2 is 2.24 bits per heavy atom. The number of carbonyl (C=O) groups is 1. The Balaban J connectivity index is 1.72. The number of carbonyl (C=O) groups excluding carboxylic acids is 1. The number of pyridine rings is 1. The van der Waals surface area contributed by atoms with Crippen molar-refractivity contribution in [2.75, 3.05) is 5.32 Å². The molecule has 0 aliphatic heterocycles. The molecule has 108 valence electrons. The van der Waals surface area contributed by atoms with Gasteiger partial charge in [0.2, 0.25) is 5.91 Å². The molecule has 1 N–H and O–H groups in total. The zero-order chi connectivity index (χ0) is 14.7. The molecule has 21 heavy (non-hydrogen) atoms. The van der Waals surface area contributed by atoms with Crippen LogP contribution in [0.4, 0.5) is 5.69 Å². The minimum atomic E-state index is -0.127. The summed E-state index contributed by atoms with van der Waals surface area (Å²) in [5.74, 6) is -0.127. The number of fused-ring (bicyclic) bond motifs is 1. The molecule has 1 aliphatic carbocycles. The lowest BCUT2D eigenvalue weighted by molar-refractivity contribution is -0.111. The van der Waals surface area contributed by atoms with E-state index in [1.807, 2.05) is 19.3 Å². The topological polar surface area (TPSA) is 59.8 Å². The molecule has 1 aliphatic rings. The third-order valence-electron chi connectivity index (χ3n) is 3.65. The average Bonchev–Trinajstić information content (AvgIpc) is 2.91. The van der Waals surface area contributed by atoms with E-state index in [2.05, 4.69) is 15.4 Å². The van der Waals surface area contributed by atoms with Crippen molar-refractivity contribution in [2.45, 2.75) is 25.7 Å². The second-order valence-electron chi connectivity index (χ2n) is 5.26. The first kappa shape index (κ1) is 13.5. The number of rotatable bonds is 3. The second-order valence-corrected chi connectivity index (χ2v) is 5.26. The van der Waals surface area contributed by atoms with Gasteiger partial charge >= 0.3 is 0 Å². The van der Waals surface area contributed by atoms with Crippen LogP contribution in [0.15, 0.2) is 30.7 Å². The highest BCUT2D eigenvalue weighted by molar-refractivity contribution is 6.02. The van der Waals surface area contributed by atoms with E-state index in [9.17, 15) is 4.79 Å². The lowest BCUT2D eigenvalue weighted by Gasteiger charge is -2.18. The predicted molar refractivity (Wildman–Crippen MR) is 81.8 cm³/mol. The van der Waals surface area contributed by atoms with Crippen LogP contribution in [-0.4, -0.2) is 20.7 Å². The van der Waals surface area contributed by atoms with Crippen molar-refractivity contribution in [1.29, 1.82) is 0 Å². The molecule has 0 saturated heterocycles. The highest BCUT2D eigenvalue weighted by Crippen LogP contribution is 2.26. The van der Waals surface area contributed by atoms with E-state index in [0.717, 1.165) is 36.2 Å². The van der Waals surface area contributed by atoms with E-state index in [-0.39, 0.29) is 5.91 Å². The number of amides is 1. The molecule has 0 atom stereocenters. The van der Waals surface area contributed by atoms with Crippen molar-refractivity contribution in [3.63, 3.8) is 0 Å². The zero-order valence-electron chi connectivity index (χ0n) is 12.0. The number of nitrogens with zero attached hydrogens (tertiary/aromatic N) is 3. The first-order valence-corrected chi connectivity index (χ1v) is 7.17. The molecule has 0 bridgehead atoms. The molecule has 0 saturated carbocycles. The van der Waals surface area contributed by atoms with Crippen LogP contribution >= 0.6 is 0 Å². The van der Waals surface area contributed by atoms with Gasteiger partial charge < -0.3 is 5.32 Å². The standard InChI is InChI=1S/C16H18N4O/c1-20-11-12(10-18-20)6-7-16(21)19-15-8-9-17-14-5-3-2-4-13(14)15/h6-11H,2-5H2,1H3,(H,17,19,21)/b7-6+. The number of nitrogens with one attached hydrogen (secondary N) is 1. The summed E-state index contributed by atoms with van der Waals surface area (Å²) in [6.45, 7) is 0.